The predicted octanol–water partition coefficient (Wildman–Crippen LogP) is 3.05. The summed E-state index contributed by atoms with van der Waals surface area (Å²) in [4.78, 5) is 33.9. The lowest BCUT2D eigenvalue weighted by atomic mass is 9.89. The second-order valence-electron chi connectivity index (χ2n) is 7.06. The topological polar surface area (TPSA) is 65.5 Å². The van der Waals surface area contributed by atoms with E-state index >= 15 is 0 Å². The predicted molar refractivity (Wildman–Crippen MR) is 107 cm³/mol. The van der Waals surface area contributed by atoms with Crippen molar-refractivity contribution in [3.63, 3.8) is 0 Å². The Balaban J connectivity index is 1.61. The van der Waals surface area contributed by atoms with E-state index in [1.54, 1.807) is 49.2 Å². The van der Waals surface area contributed by atoms with Crippen LogP contribution in [0.4, 0.5) is 11.5 Å². The van der Waals surface area contributed by atoms with Gasteiger partial charge in [0.05, 0.1) is 0 Å². The van der Waals surface area contributed by atoms with Crippen LogP contribution in [0.2, 0.25) is 5.02 Å². The SMILES string of the molecule is CC(C)(C(=O)Nc1cccc(Cl)c1)C(=O)N1CCN(c2ccccn2)CC1. The van der Waals surface area contributed by atoms with Gasteiger partial charge < -0.3 is 15.1 Å². The molecule has 1 N–H and O–H groups in total. The van der Waals surface area contributed by atoms with Crippen molar-refractivity contribution < 1.29 is 9.59 Å². The Morgan fingerprint density at radius 2 is 1.81 bits per heavy atom. The van der Waals surface area contributed by atoms with Gasteiger partial charge >= 0.3 is 0 Å². The molecule has 0 atom stereocenters. The van der Waals surface area contributed by atoms with Gasteiger partial charge in [0.2, 0.25) is 11.8 Å². The zero-order valence-electron chi connectivity index (χ0n) is 15.5. The van der Waals surface area contributed by atoms with Crippen LogP contribution in [0, 0.1) is 5.41 Å². The van der Waals surface area contributed by atoms with E-state index in [2.05, 4.69) is 15.2 Å². The van der Waals surface area contributed by atoms with Crippen LogP contribution in [0.1, 0.15) is 13.8 Å². The van der Waals surface area contributed by atoms with Gasteiger partial charge in [-0.1, -0.05) is 23.7 Å². The number of nitrogens with one attached hydrogen (secondary N) is 1. The number of amides is 2. The third-order valence-corrected chi connectivity index (χ3v) is 4.96. The first-order chi connectivity index (χ1) is 12.9. The average Bonchev–Trinajstić information content (AvgIpc) is 2.68. The number of benzene rings is 1. The van der Waals surface area contributed by atoms with Gasteiger partial charge in [0.1, 0.15) is 11.2 Å². The highest BCUT2D eigenvalue weighted by Crippen LogP contribution is 2.24. The smallest absolute Gasteiger partial charge is 0.239 e. The van der Waals surface area contributed by atoms with Crippen molar-refractivity contribution in [2.45, 2.75) is 13.8 Å². The minimum atomic E-state index is -1.17. The van der Waals surface area contributed by atoms with Gasteiger partial charge in [0.15, 0.2) is 0 Å². The average molecular weight is 387 g/mol. The molecule has 142 valence electrons. The first-order valence-electron chi connectivity index (χ1n) is 8.90. The van der Waals surface area contributed by atoms with E-state index in [1.807, 2.05) is 18.2 Å². The maximum atomic E-state index is 13.0. The Kier molecular flexibility index (Phi) is 5.65. The highest BCUT2D eigenvalue weighted by molar-refractivity contribution is 6.31. The van der Waals surface area contributed by atoms with Gasteiger partial charge in [-0.3, -0.25) is 9.59 Å². The first-order valence-corrected chi connectivity index (χ1v) is 9.28. The molecule has 2 amide bonds. The second-order valence-corrected chi connectivity index (χ2v) is 7.49. The van der Waals surface area contributed by atoms with Crippen LogP contribution < -0.4 is 10.2 Å². The lowest BCUT2D eigenvalue weighted by Gasteiger charge is -2.38. The monoisotopic (exact) mass is 386 g/mol. The summed E-state index contributed by atoms with van der Waals surface area (Å²) in [6, 6.07) is 12.7. The summed E-state index contributed by atoms with van der Waals surface area (Å²) in [6.07, 6.45) is 1.76. The number of piperazine rings is 1. The quantitative estimate of drug-likeness (QED) is 0.820. The molecule has 0 bridgehead atoms. The number of carbonyl (C=O) groups excluding carboxylic acids is 2. The summed E-state index contributed by atoms with van der Waals surface area (Å²) in [5.74, 6) is 0.382. The van der Waals surface area contributed by atoms with E-state index in [0.717, 1.165) is 5.82 Å². The first kappa shape index (κ1) is 19.2. The summed E-state index contributed by atoms with van der Waals surface area (Å²) in [6.45, 7) is 5.80. The summed E-state index contributed by atoms with van der Waals surface area (Å²) in [5.41, 5.74) is -0.594. The number of halogens is 1. The maximum Gasteiger partial charge on any atom is 0.239 e. The summed E-state index contributed by atoms with van der Waals surface area (Å²) in [5, 5.41) is 3.32. The number of rotatable bonds is 4. The molecule has 6 nitrogen and oxygen atoms in total. The molecule has 0 aliphatic carbocycles. The van der Waals surface area contributed by atoms with Crippen LogP contribution in [0.5, 0.6) is 0 Å². The van der Waals surface area contributed by atoms with E-state index in [-0.39, 0.29) is 11.8 Å². The van der Waals surface area contributed by atoms with E-state index < -0.39 is 5.41 Å². The molecule has 1 aromatic carbocycles. The Hall–Kier alpha value is -2.60. The molecule has 1 fully saturated rings. The van der Waals surface area contributed by atoms with Crippen LogP contribution >= 0.6 is 11.6 Å². The molecular weight excluding hydrogens is 364 g/mol. The number of hydrogen-bond acceptors (Lipinski definition) is 4. The van der Waals surface area contributed by atoms with E-state index in [4.69, 9.17) is 11.6 Å². The Bertz CT molecular complexity index is 818. The van der Waals surface area contributed by atoms with Gasteiger partial charge in [0, 0.05) is 43.1 Å². The van der Waals surface area contributed by atoms with Gasteiger partial charge in [-0.15, -0.1) is 0 Å². The van der Waals surface area contributed by atoms with E-state index in [9.17, 15) is 9.59 Å². The summed E-state index contributed by atoms with van der Waals surface area (Å²) in [7, 11) is 0. The lowest BCUT2D eigenvalue weighted by molar-refractivity contribution is -0.146. The standard InChI is InChI=1S/C20H23ClN4O2/c1-20(2,18(26)23-16-7-5-6-15(21)14-16)19(27)25-12-10-24(11-13-25)17-8-3-4-9-22-17/h3-9,14H,10-13H2,1-2H3,(H,23,26). The van der Waals surface area contributed by atoms with Crippen molar-refractivity contribution in [1.82, 2.24) is 9.88 Å². The minimum Gasteiger partial charge on any atom is -0.353 e. The van der Waals surface area contributed by atoms with Crippen molar-refractivity contribution in [1.29, 1.82) is 0 Å². The normalized spacial score (nSPS) is 14.8. The third-order valence-electron chi connectivity index (χ3n) is 4.72. The maximum absolute atomic E-state index is 13.0. The summed E-state index contributed by atoms with van der Waals surface area (Å²) < 4.78 is 0. The van der Waals surface area contributed by atoms with Gasteiger partial charge in [-0.25, -0.2) is 4.98 Å². The largest absolute Gasteiger partial charge is 0.353 e. The zero-order chi connectivity index (χ0) is 19.4. The number of carbonyl (C=O) groups is 2. The molecule has 1 aliphatic rings. The molecule has 3 rings (SSSR count). The van der Waals surface area contributed by atoms with Crippen molar-refractivity contribution in [2.24, 2.45) is 5.41 Å². The number of pyridine rings is 1. The highest BCUT2D eigenvalue weighted by Gasteiger charge is 2.40. The molecule has 1 saturated heterocycles. The molecule has 0 radical (unpaired) electrons. The molecule has 0 spiro atoms. The molecule has 1 aliphatic heterocycles. The molecule has 0 saturated carbocycles. The van der Waals surface area contributed by atoms with Crippen molar-refractivity contribution in [3.05, 3.63) is 53.7 Å². The second kappa shape index (κ2) is 7.96. The van der Waals surface area contributed by atoms with Crippen LogP contribution in [0.3, 0.4) is 0 Å². The van der Waals surface area contributed by atoms with Gasteiger partial charge in [-0.05, 0) is 44.2 Å². The van der Waals surface area contributed by atoms with Crippen molar-refractivity contribution in [3.8, 4) is 0 Å². The molecule has 1 aromatic heterocycles. The zero-order valence-corrected chi connectivity index (χ0v) is 16.2. The van der Waals surface area contributed by atoms with Crippen LogP contribution in [0.25, 0.3) is 0 Å². The van der Waals surface area contributed by atoms with E-state index in [0.29, 0.717) is 36.9 Å². The van der Waals surface area contributed by atoms with Crippen LogP contribution in [-0.4, -0.2) is 47.9 Å². The Morgan fingerprint density at radius 3 is 2.44 bits per heavy atom. The molecule has 2 aromatic rings. The van der Waals surface area contributed by atoms with Gasteiger partial charge in [0.25, 0.3) is 0 Å². The molecule has 0 unspecified atom stereocenters. The van der Waals surface area contributed by atoms with Crippen molar-refractivity contribution in [2.75, 3.05) is 36.4 Å². The molecule has 27 heavy (non-hydrogen) atoms. The number of aromatic nitrogens is 1. The number of anilines is 2. The van der Waals surface area contributed by atoms with Gasteiger partial charge in [-0.2, -0.15) is 0 Å². The van der Waals surface area contributed by atoms with Crippen molar-refractivity contribution >= 4 is 34.9 Å². The lowest BCUT2D eigenvalue weighted by Crippen LogP contribution is -2.54. The fraction of sp³-hybridized carbons (Fsp3) is 0.350. The minimum absolute atomic E-state index is 0.178. The summed E-state index contributed by atoms with van der Waals surface area (Å²) >= 11 is 5.95. The Labute approximate surface area is 164 Å². The van der Waals surface area contributed by atoms with Crippen LogP contribution in [0.15, 0.2) is 48.7 Å². The third kappa shape index (κ3) is 4.39. The highest BCUT2D eigenvalue weighted by atomic mass is 35.5. The molecule has 7 heteroatoms. The van der Waals surface area contributed by atoms with E-state index in [1.165, 1.54) is 0 Å². The fourth-order valence-corrected chi connectivity index (χ4v) is 3.22. The Morgan fingerprint density at radius 1 is 1.07 bits per heavy atom. The number of hydrogen-bond donors (Lipinski definition) is 1. The van der Waals surface area contributed by atoms with Crippen LogP contribution in [-0.2, 0) is 9.59 Å². The molecule has 2 heterocycles. The fourth-order valence-electron chi connectivity index (χ4n) is 3.03. The molecular formula is C20H23ClN4O2. The number of nitrogens with zero attached hydrogens (tertiary/aromatic N) is 3.